The van der Waals surface area contributed by atoms with Gasteiger partial charge in [0.25, 0.3) is 0 Å². The molecular formula is C6H12N2S3. The van der Waals surface area contributed by atoms with E-state index in [9.17, 15) is 0 Å². The molecule has 0 aromatic rings. The fourth-order valence-corrected chi connectivity index (χ4v) is 3.98. The first-order valence-electron chi connectivity index (χ1n) is 3.30. The summed E-state index contributed by atoms with van der Waals surface area (Å²) in [6, 6.07) is 0. The first-order chi connectivity index (χ1) is 5.41. The monoisotopic (exact) mass is 208 g/mol. The van der Waals surface area contributed by atoms with Crippen LogP contribution in [0.15, 0.2) is 0 Å². The van der Waals surface area contributed by atoms with Crippen molar-refractivity contribution in [2.45, 2.75) is 12.8 Å². The Hall–Kier alpha value is 0.390. The van der Waals surface area contributed by atoms with E-state index in [1.165, 1.54) is 12.4 Å². The molecule has 0 aromatic carbocycles. The molecule has 0 aliphatic carbocycles. The minimum atomic E-state index is 0.864. The van der Waals surface area contributed by atoms with E-state index in [0.29, 0.717) is 0 Å². The van der Waals surface area contributed by atoms with Gasteiger partial charge in [0.05, 0.1) is 0 Å². The number of hydrogen-bond acceptors (Lipinski definition) is 5. The van der Waals surface area contributed by atoms with Crippen LogP contribution >= 0.6 is 31.4 Å². The lowest BCUT2D eigenvalue weighted by Gasteiger charge is -1.95. The average molecular weight is 208 g/mol. The van der Waals surface area contributed by atoms with Gasteiger partial charge in [-0.3, -0.25) is 0 Å². The standard InChI is InChI=1S/C6H12N2S3/c7-3-1-5-9-11-10-6-2-4-8/h3-4,7-8H,1-2,5-6H2. The molecule has 64 valence electrons. The van der Waals surface area contributed by atoms with Crippen LogP contribution in [0.4, 0.5) is 0 Å². The molecule has 0 atom stereocenters. The van der Waals surface area contributed by atoms with Crippen molar-refractivity contribution in [3.8, 4) is 0 Å². The van der Waals surface area contributed by atoms with E-state index < -0.39 is 0 Å². The summed E-state index contributed by atoms with van der Waals surface area (Å²) in [5.74, 6) is 2.04. The average Bonchev–Trinajstić information content (AvgIpc) is 2.03. The molecule has 5 heteroatoms. The van der Waals surface area contributed by atoms with Crippen LogP contribution in [0, 0.1) is 10.8 Å². The topological polar surface area (TPSA) is 47.7 Å². The van der Waals surface area contributed by atoms with Gasteiger partial charge in [0.1, 0.15) is 0 Å². The molecule has 2 N–H and O–H groups in total. The van der Waals surface area contributed by atoms with E-state index >= 15 is 0 Å². The summed E-state index contributed by atoms with van der Waals surface area (Å²) in [6.07, 6.45) is 4.61. The highest BCUT2D eigenvalue weighted by molar-refractivity contribution is 9.09. The third kappa shape index (κ3) is 10.4. The second kappa shape index (κ2) is 10.4. The lowest BCUT2D eigenvalue weighted by atomic mass is 10.5. The van der Waals surface area contributed by atoms with Gasteiger partial charge in [-0.1, -0.05) is 21.6 Å². The fourth-order valence-electron chi connectivity index (χ4n) is 0.316. The van der Waals surface area contributed by atoms with Crippen molar-refractivity contribution < 1.29 is 0 Å². The lowest BCUT2D eigenvalue weighted by molar-refractivity contribution is 1.32. The molecule has 0 spiro atoms. The molecule has 0 radical (unpaired) electrons. The number of nitrogens with one attached hydrogen (secondary N) is 2. The summed E-state index contributed by atoms with van der Waals surface area (Å²) < 4.78 is 0. The minimum Gasteiger partial charge on any atom is -0.313 e. The maximum atomic E-state index is 6.76. The predicted molar refractivity (Wildman–Crippen MR) is 59.3 cm³/mol. The molecule has 0 heterocycles. The molecular weight excluding hydrogens is 196 g/mol. The van der Waals surface area contributed by atoms with Gasteiger partial charge >= 0.3 is 0 Å². The molecule has 0 amide bonds. The second-order valence-electron chi connectivity index (χ2n) is 1.70. The van der Waals surface area contributed by atoms with Gasteiger partial charge in [0.15, 0.2) is 0 Å². The lowest BCUT2D eigenvalue weighted by Crippen LogP contribution is -1.76. The fraction of sp³-hybridized carbons (Fsp3) is 0.667. The summed E-state index contributed by atoms with van der Waals surface area (Å²) in [7, 11) is 5.32. The summed E-state index contributed by atoms with van der Waals surface area (Å²) >= 11 is 0. The first-order valence-corrected chi connectivity index (χ1v) is 7.13. The van der Waals surface area contributed by atoms with Crippen LogP contribution < -0.4 is 0 Å². The Balaban J connectivity index is 2.79. The highest BCUT2D eigenvalue weighted by atomic mass is 33.5. The molecule has 0 aliphatic heterocycles. The predicted octanol–water partition coefficient (Wildman–Crippen LogP) is 3.10. The Bertz CT molecular complexity index is 96.0. The zero-order valence-electron chi connectivity index (χ0n) is 6.21. The maximum Gasteiger partial charge on any atom is 0.00944 e. The first kappa shape index (κ1) is 11.4. The molecule has 0 saturated carbocycles. The smallest absolute Gasteiger partial charge is 0.00944 e. The quantitative estimate of drug-likeness (QED) is 0.366. The highest BCUT2D eigenvalue weighted by Crippen LogP contribution is 2.34. The molecule has 0 unspecified atom stereocenters. The van der Waals surface area contributed by atoms with E-state index in [1.54, 1.807) is 31.4 Å². The summed E-state index contributed by atoms with van der Waals surface area (Å²) in [6.45, 7) is 0. The number of rotatable bonds is 8. The zero-order valence-corrected chi connectivity index (χ0v) is 8.66. The van der Waals surface area contributed by atoms with Gasteiger partial charge in [-0.05, 0) is 35.1 Å². The summed E-state index contributed by atoms with van der Waals surface area (Å²) in [5, 5.41) is 13.5. The van der Waals surface area contributed by atoms with Gasteiger partial charge in [0.2, 0.25) is 0 Å². The Morgan fingerprint density at radius 2 is 1.36 bits per heavy atom. The SMILES string of the molecule is N=CCCSSSCCC=N. The van der Waals surface area contributed by atoms with E-state index in [4.69, 9.17) is 10.8 Å². The van der Waals surface area contributed by atoms with E-state index in [-0.39, 0.29) is 0 Å². The van der Waals surface area contributed by atoms with Crippen LogP contribution in [0.2, 0.25) is 0 Å². The van der Waals surface area contributed by atoms with Gasteiger partial charge in [0, 0.05) is 11.5 Å². The van der Waals surface area contributed by atoms with Crippen molar-refractivity contribution in [2.75, 3.05) is 11.5 Å². The van der Waals surface area contributed by atoms with Crippen LogP contribution in [-0.2, 0) is 0 Å². The van der Waals surface area contributed by atoms with Crippen molar-refractivity contribution in [1.29, 1.82) is 10.8 Å². The van der Waals surface area contributed by atoms with Crippen molar-refractivity contribution in [1.82, 2.24) is 0 Å². The molecule has 0 aliphatic rings. The van der Waals surface area contributed by atoms with Gasteiger partial charge in [-0.15, -0.1) is 0 Å². The second-order valence-corrected chi connectivity index (χ2v) is 6.17. The van der Waals surface area contributed by atoms with Crippen LogP contribution in [0.25, 0.3) is 0 Å². The Labute approximate surface area is 79.1 Å². The van der Waals surface area contributed by atoms with Crippen molar-refractivity contribution in [2.24, 2.45) is 0 Å². The third-order valence-electron chi connectivity index (χ3n) is 0.787. The normalized spacial score (nSPS) is 9.45. The molecule has 0 aromatic heterocycles. The third-order valence-corrected chi connectivity index (χ3v) is 5.09. The highest BCUT2D eigenvalue weighted by Gasteiger charge is 1.89. The van der Waals surface area contributed by atoms with E-state index in [1.807, 2.05) is 0 Å². The maximum absolute atomic E-state index is 6.76. The van der Waals surface area contributed by atoms with E-state index in [2.05, 4.69) is 0 Å². The Kier molecular flexibility index (Phi) is 10.8. The van der Waals surface area contributed by atoms with Crippen molar-refractivity contribution in [3.05, 3.63) is 0 Å². The largest absolute Gasteiger partial charge is 0.313 e. The molecule has 0 fully saturated rings. The summed E-state index contributed by atoms with van der Waals surface area (Å²) in [4.78, 5) is 0. The molecule has 0 saturated heterocycles. The van der Waals surface area contributed by atoms with Gasteiger partial charge in [-0.25, -0.2) is 0 Å². The number of hydrogen-bond donors (Lipinski definition) is 2. The Morgan fingerprint density at radius 1 is 0.909 bits per heavy atom. The van der Waals surface area contributed by atoms with Crippen LogP contribution in [0.1, 0.15) is 12.8 Å². The van der Waals surface area contributed by atoms with Crippen LogP contribution in [0.5, 0.6) is 0 Å². The summed E-state index contributed by atoms with van der Waals surface area (Å²) in [5.41, 5.74) is 0. The van der Waals surface area contributed by atoms with Crippen molar-refractivity contribution in [3.63, 3.8) is 0 Å². The minimum absolute atomic E-state index is 0.864. The Morgan fingerprint density at radius 3 is 1.73 bits per heavy atom. The zero-order chi connectivity index (χ0) is 8.36. The van der Waals surface area contributed by atoms with Gasteiger partial charge in [-0.2, -0.15) is 0 Å². The molecule has 0 rings (SSSR count). The van der Waals surface area contributed by atoms with Crippen molar-refractivity contribution >= 4 is 43.8 Å². The van der Waals surface area contributed by atoms with Crippen LogP contribution in [0.3, 0.4) is 0 Å². The molecule has 11 heavy (non-hydrogen) atoms. The van der Waals surface area contributed by atoms with E-state index in [0.717, 1.165) is 24.3 Å². The molecule has 2 nitrogen and oxygen atoms in total. The van der Waals surface area contributed by atoms with Crippen LogP contribution in [-0.4, -0.2) is 23.9 Å². The molecule has 0 bridgehead atoms. The van der Waals surface area contributed by atoms with Gasteiger partial charge < -0.3 is 10.8 Å².